The van der Waals surface area contributed by atoms with Gasteiger partial charge in [0.1, 0.15) is 0 Å². The molecule has 0 N–H and O–H groups in total. The molecule has 0 atom stereocenters. The number of hydrogen-bond acceptors (Lipinski definition) is 1. The fraction of sp³-hybridized carbons (Fsp3) is 0.235. The fourth-order valence-electron chi connectivity index (χ4n) is 2.45. The molecule has 1 aromatic carbocycles. The summed E-state index contributed by atoms with van der Waals surface area (Å²) in [4.78, 5) is 0. The molecule has 3 rings (SSSR count). The van der Waals surface area contributed by atoms with E-state index in [-0.39, 0.29) is 0 Å². The zero-order valence-electron chi connectivity index (χ0n) is 12.2. The van der Waals surface area contributed by atoms with Crippen LogP contribution in [0.25, 0.3) is 5.69 Å². The van der Waals surface area contributed by atoms with Crippen molar-refractivity contribution < 1.29 is 0 Å². The summed E-state index contributed by atoms with van der Waals surface area (Å²) in [6, 6.07) is 10.2. The van der Waals surface area contributed by atoms with E-state index >= 15 is 0 Å². The second-order valence-corrected chi connectivity index (χ2v) is 5.28. The first kappa shape index (κ1) is 12.7. The molecule has 3 heteroatoms. The van der Waals surface area contributed by atoms with Gasteiger partial charge in [-0.2, -0.15) is 5.10 Å². The fourth-order valence-corrected chi connectivity index (χ4v) is 2.45. The Morgan fingerprint density at radius 2 is 1.75 bits per heavy atom. The minimum atomic E-state index is 0.868. The van der Waals surface area contributed by atoms with Gasteiger partial charge in [-0.3, -0.25) is 0 Å². The maximum absolute atomic E-state index is 4.44. The molecule has 0 aliphatic rings. The Kier molecular flexibility index (Phi) is 3.18. The van der Waals surface area contributed by atoms with Gasteiger partial charge in [0.15, 0.2) is 0 Å². The van der Waals surface area contributed by atoms with Gasteiger partial charge < -0.3 is 4.57 Å². The minimum absolute atomic E-state index is 0.868. The molecule has 0 radical (unpaired) electrons. The summed E-state index contributed by atoms with van der Waals surface area (Å²) < 4.78 is 4.21. The summed E-state index contributed by atoms with van der Waals surface area (Å²) in [5.74, 6) is 0. The third kappa shape index (κ3) is 2.27. The summed E-state index contributed by atoms with van der Waals surface area (Å²) in [5, 5.41) is 4.44. The van der Waals surface area contributed by atoms with Gasteiger partial charge in [0.2, 0.25) is 0 Å². The Morgan fingerprint density at radius 1 is 1.00 bits per heavy atom. The standard InChI is InChI=1S/C17H19N3/c1-13-10-19(15(3)14(13)2)11-16-9-18-20(12-16)17-7-5-4-6-8-17/h4-10,12H,11H2,1-3H3. The van der Waals surface area contributed by atoms with E-state index in [9.17, 15) is 0 Å². The highest BCUT2D eigenvalue weighted by molar-refractivity contribution is 5.32. The van der Waals surface area contributed by atoms with E-state index in [2.05, 4.69) is 55.0 Å². The lowest BCUT2D eigenvalue weighted by molar-refractivity contribution is 0.772. The van der Waals surface area contributed by atoms with Gasteiger partial charge in [0.05, 0.1) is 18.4 Å². The summed E-state index contributed by atoms with van der Waals surface area (Å²) in [5.41, 5.74) is 6.36. The van der Waals surface area contributed by atoms with Crippen LogP contribution >= 0.6 is 0 Å². The van der Waals surface area contributed by atoms with E-state index in [1.807, 2.05) is 29.1 Å². The normalized spacial score (nSPS) is 10.9. The second kappa shape index (κ2) is 5.00. The van der Waals surface area contributed by atoms with E-state index in [1.165, 1.54) is 22.4 Å². The van der Waals surface area contributed by atoms with E-state index in [0.717, 1.165) is 12.2 Å². The van der Waals surface area contributed by atoms with Gasteiger partial charge >= 0.3 is 0 Å². The smallest absolute Gasteiger partial charge is 0.0645 e. The first-order chi connectivity index (χ1) is 9.65. The molecule has 0 fully saturated rings. The van der Waals surface area contributed by atoms with E-state index in [1.54, 1.807) is 0 Å². The quantitative estimate of drug-likeness (QED) is 0.709. The van der Waals surface area contributed by atoms with E-state index in [0.29, 0.717) is 0 Å². The van der Waals surface area contributed by atoms with Crippen LogP contribution in [0.2, 0.25) is 0 Å². The zero-order chi connectivity index (χ0) is 14.1. The van der Waals surface area contributed by atoms with Crippen LogP contribution in [0, 0.1) is 20.8 Å². The van der Waals surface area contributed by atoms with Crippen LogP contribution in [0.3, 0.4) is 0 Å². The van der Waals surface area contributed by atoms with Crippen LogP contribution in [0.4, 0.5) is 0 Å². The molecular weight excluding hydrogens is 246 g/mol. The van der Waals surface area contributed by atoms with Crippen LogP contribution in [-0.2, 0) is 6.54 Å². The van der Waals surface area contributed by atoms with Crippen molar-refractivity contribution in [3.05, 3.63) is 71.3 Å². The number of rotatable bonds is 3. The summed E-state index contributed by atoms with van der Waals surface area (Å²) in [6.07, 6.45) is 6.25. The molecule has 3 nitrogen and oxygen atoms in total. The molecular formula is C17H19N3. The molecule has 0 aliphatic heterocycles. The molecule has 0 spiro atoms. The second-order valence-electron chi connectivity index (χ2n) is 5.28. The first-order valence-electron chi connectivity index (χ1n) is 6.87. The number of hydrogen-bond donors (Lipinski definition) is 0. The lowest BCUT2D eigenvalue weighted by Crippen LogP contribution is -1.99. The Morgan fingerprint density at radius 3 is 2.40 bits per heavy atom. The largest absolute Gasteiger partial charge is 0.347 e. The number of benzene rings is 1. The molecule has 0 unspecified atom stereocenters. The molecule has 0 bridgehead atoms. The molecule has 102 valence electrons. The van der Waals surface area contributed by atoms with Crippen molar-refractivity contribution in [2.45, 2.75) is 27.3 Å². The molecule has 0 saturated heterocycles. The minimum Gasteiger partial charge on any atom is -0.347 e. The average Bonchev–Trinajstić information content (AvgIpc) is 3.02. The monoisotopic (exact) mass is 265 g/mol. The topological polar surface area (TPSA) is 22.8 Å². The Bertz CT molecular complexity index is 720. The molecule has 3 aromatic rings. The predicted octanol–water partition coefficient (Wildman–Crippen LogP) is 3.65. The number of para-hydroxylation sites is 1. The first-order valence-corrected chi connectivity index (χ1v) is 6.87. The predicted molar refractivity (Wildman–Crippen MR) is 81.3 cm³/mol. The summed E-state index contributed by atoms with van der Waals surface area (Å²) in [6.45, 7) is 7.37. The maximum Gasteiger partial charge on any atom is 0.0645 e. The van der Waals surface area contributed by atoms with Gasteiger partial charge in [-0.15, -0.1) is 0 Å². The summed E-state index contributed by atoms with van der Waals surface area (Å²) >= 11 is 0. The summed E-state index contributed by atoms with van der Waals surface area (Å²) in [7, 11) is 0. The van der Waals surface area contributed by atoms with Crippen molar-refractivity contribution in [1.82, 2.24) is 14.3 Å². The van der Waals surface area contributed by atoms with Crippen molar-refractivity contribution in [2.24, 2.45) is 0 Å². The van der Waals surface area contributed by atoms with Gasteiger partial charge in [-0.25, -0.2) is 4.68 Å². The lowest BCUT2D eigenvalue weighted by Gasteiger charge is -2.04. The number of aryl methyl sites for hydroxylation is 1. The Hall–Kier alpha value is -2.29. The van der Waals surface area contributed by atoms with Gasteiger partial charge in [-0.1, -0.05) is 18.2 Å². The van der Waals surface area contributed by atoms with Gasteiger partial charge in [0.25, 0.3) is 0 Å². The highest BCUT2D eigenvalue weighted by atomic mass is 15.3. The van der Waals surface area contributed by atoms with Crippen LogP contribution in [0.5, 0.6) is 0 Å². The van der Waals surface area contributed by atoms with Crippen molar-refractivity contribution in [3.8, 4) is 5.69 Å². The Labute approximate surface area is 119 Å². The molecule has 0 amide bonds. The van der Waals surface area contributed by atoms with Gasteiger partial charge in [-0.05, 0) is 44.0 Å². The van der Waals surface area contributed by atoms with Crippen molar-refractivity contribution >= 4 is 0 Å². The maximum atomic E-state index is 4.44. The highest BCUT2D eigenvalue weighted by Crippen LogP contribution is 2.16. The van der Waals surface area contributed by atoms with Crippen LogP contribution in [0.1, 0.15) is 22.4 Å². The van der Waals surface area contributed by atoms with E-state index in [4.69, 9.17) is 0 Å². The number of nitrogens with zero attached hydrogens (tertiary/aromatic N) is 3. The average molecular weight is 265 g/mol. The van der Waals surface area contributed by atoms with Crippen molar-refractivity contribution in [1.29, 1.82) is 0 Å². The van der Waals surface area contributed by atoms with E-state index < -0.39 is 0 Å². The molecule has 2 aromatic heterocycles. The van der Waals surface area contributed by atoms with Crippen molar-refractivity contribution in [3.63, 3.8) is 0 Å². The Balaban J connectivity index is 1.86. The molecule has 20 heavy (non-hydrogen) atoms. The van der Waals surface area contributed by atoms with Gasteiger partial charge in [0, 0.05) is 23.7 Å². The molecule has 0 saturated carbocycles. The SMILES string of the molecule is Cc1cn(Cc2cnn(-c3ccccc3)c2)c(C)c1C. The van der Waals surface area contributed by atoms with Crippen LogP contribution < -0.4 is 0 Å². The zero-order valence-corrected chi connectivity index (χ0v) is 12.2. The molecule has 0 aliphatic carbocycles. The third-order valence-corrected chi connectivity index (χ3v) is 3.92. The lowest BCUT2D eigenvalue weighted by atomic mass is 10.2. The third-order valence-electron chi connectivity index (χ3n) is 3.92. The molecule has 2 heterocycles. The van der Waals surface area contributed by atoms with Crippen LogP contribution in [-0.4, -0.2) is 14.3 Å². The van der Waals surface area contributed by atoms with Crippen molar-refractivity contribution in [2.75, 3.05) is 0 Å². The number of aromatic nitrogens is 3. The highest BCUT2D eigenvalue weighted by Gasteiger charge is 2.07. The van der Waals surface area contributed by atoms with Crippen LogP contribution in [0.15, 0.2) is 48.9 Å².